The van der Waals surface area contributed by atoms with Crippen molar-refractivity contribution in [2.45, 2.75) is 26.7 Å². The van der Waals surface area contributed by atoms with E-state index in [4.69, 9.17) is 11.5 Å². The molecular formula is C8H16N4. The molecule has 1 aliphatic rings. The van der Waals surface area contributed by atoms with Crippen molar-refractivity contribution in [3.63, 3.8) is 0 Å². The molecule has 1 saturated carbocycles. The zero-order valence-electron chi connectivity index (χ0n) is 7.62. The van der Waals surface area contributed by atoms with Crippen LogP contribution in [0, 0.1) is 11.8 Å². The third-order valence-corrected chi connectivity index (χ3v) is 1.87. The van der Waals surface area contributed by atoms with Gasteiger partial charge in [0.1, 0.15) is 0 Å². The highest BCUT2D eigenvalue weighted by Gasteiger charge is 2.29. The average molecular weight is 168 g/mol. The van der Waals surface area contributed by atoms with Crippen molar-refractivity contribution < 1.29 is 0 Å². The first-order chi connectivity index (χ1) is 5.61. The lowest BCUT2D eigenvalue weighted by Crippen LogP contribution is -2.22. The van der Waals surface area contributed by atoms with Gasteiger partial charge in [0.15, 0.2) is 0 Å². The van der Waals surface area contributed by atoms with Crippen molar-refractivity contribution in [3.8, 4) is 0 Å². The molecule has 0 spiro atoms. The SMILES string of the molecule is CC(C)/C(=N/N=C(N)N)C1CC1. The molecule has 0 saturated heterocycles. The molecule has 12 heavy (non-hydrogen) atoms. The first-order valence-electron chi connectivity index (χ1n) is 4.27. The molecule has 0 bridgehead atoms. The maximum absolute atomic E-state index is 5.18. The summed E-state index contributed by atoms with van der Waals surface area (Å²) in [6.45, 7) is 4.22. The third kappa shape index (κ3) is 2.53. The average Bonchev–Trinajstić information content (AvgIpc) is 2.69. The lowest BCUT2D eigenvalue weighted by atomic mass is 10.0. The van der Waals surface area contributed by atoms with Crippen LogP contribution >= 0.6 is 0 Å². The van der Waals surface area contributed by atoms with Gasteiger partial charge >= 0.3 is 0 Å². The zero-order chi connectivity index (χ0) is 9.14. The summed E-state index contributed by atoms with van der Waals surface area (Å²) < 4.78 is 0. The van der Waals surface area contributed by atoms with Crippen molar-refractivity contribution >= 4 is 11.7 Å². The van der Waals surface area contributed by atoms with E-state index in [0.29, 0.717) is 11.8 Å². The monoisotopic (exact) mass is 168 g/mol. The molecule has 0 aromatic rings. The molecule has 68 valence electrons. The Morgan fingerprint density at radius 1 is 1.25 bits per heavy atom. The van der Waals surface area contributed by atoms with Gasteiger partial charge in [0.25, 0.3) is 0 Å². The van der Waals surface area contributed by atoms with Crippen LogP contribution in [0.4, 0.5) is 0 Å². The van der Waals surface area contributed by atoms with Gasteiger partial charge in [0, 0.05) is 5.71 Å². The fraction of sp³-hybridized carbons (Fsp3) is 0.750. The minimum absolute atomic E-state index is 0.0359. The first kappa shape index (κ1) is 9.03. The molecule has 4 heteroatoms. The minimum atomic E-state index is 0.0359. The highest BCUT2D eigenvalue weighted by atomic mass is 15.3. The summed E-state index contributed by atoms with van der Waals surface area (Å²) in [7, 11) is 0. The fourth-order valence-corrected chi connectivity index (χ4v) is 1.16. The Hall–Kier alpha value is -1.06. The Morgan fingerprint density at radius 3 is 2.17 bits per heavy atom. The van der Waals surface area contributed by atoms with Crippen LogP contribution in [0.5, 0.6) is 0 Å². The van der Waals surface area contributed by atoms with E-state index < -0.39 is 0 Å². The molecule has 1 aliphatic carbocycles. The van der Waals surface area contributed by atoms with E-state index in [1.54, 1.807) is 0 Å². The van der Waals surface area contributed by atoms with Gasteiger partial charge in [0.2, 0.25) is 5.96 Å². The molecule has 0 atom stereocenters. The quantitative estimate of drug-likeness (QED) is 0.369. The van der Waals surface area contributed by atoms with Crippen LogP contribution in [0.1, 0.15) is 26.7 Å². The number of guanidine groups is 1. The van der Waals surface area contributed by atoms with Crippen LogP contribution < -0.4 is 11.5 Å². The molecule has 0 aliphatic heterocycles. The van der Waals surface area contributed by atoms with Gasteiger partial charge < -0.3 is 11.5 Å². The highest BCUT2D eigenvalue weighted by Crippen LogP contribution is 2.33. The van der Waals surface area contributed by atoms with Crippen LogP contribution in [-0.2, 0) is 0 Å². The Balaban J connectivity index is 2.64. The van der Waals surface area contributed by atoms with Gasteiger partial charge in [-0.1, -0.05) is 13.8 Å². The molecule has 0 radical (unpaired) electrons. The van der Waals surface area contributed by atoms with Gasteiger partial charge in [-0.3, -0.25) is 0 Å². The summed E-state index contributed by atoms with van der Waals surface area (Å²) in [6, 6.07) is 0. The number of hydrogen-bond donors (Lipinski definition) is 2. The maximum atomic E-state index is 5.18. The minimum Gasteiger partial charge on any atom is -0.369 e. The fourth-order valence-electron chi connectivity index (χ4n) is 1.16. The van der Waals surface area contributed by atoms with Gasteiger partial charge in [-0.05, 0) is 24.7 Å². The molecule has 0 unspecified atom stereocenters. The standard InChI is InChI=1S/C8H16N4/c1-5(2)7(6-3-4-6)11-12-8(9)10/h5-6H,3-4H2,1-2H3,(H4,9,10,12)/b11-7-. The molecule has 0 aromatic carbocycles. The van der Waals surface area contributed by atoms with E-state index in [1.807, 2.05) is 0 Å². The molecule has 4 nitrogen and oxygen atoms in total. The molecular weight excluding hydrogens is 152 g/mol. The van der Waals surface area contributed by atoms with Crippen molar-refractivity contribution in [3.05, 3.63) is 0 Å². The lowest BCUT2D eigenvalue weighted by molar-refractivity contribution is 0.830. The summed E-state index contributed by atoms with van der Waals surface area (Å²) >= 11 is 0. The normalized spacial score (nSPS) is 18.1. The van der Waals surface area contributed by atoms with Crippen molar-refractivity contribution in [2.75, 3.05) is 0 Å². The third-order valence-electron chi connectivity index (χ3n) is 1.87. The van der Waals surface area contributed by atoms with Gasteiger partial charge in [0.05, 0.1) is 0 Å². The predicted octanol–water partition coefficient (Wildman–Crippen LogP) is 0.682. The number of hydrogen-bond acceptors (Lipinski definition) is 2. The maximum Gasteiger partial charge on any atom is 0.211 e. The topological polar surface area (TPSA) is 76.8 Å². The van der Waals surface area contributed by atoms with Crippen molar-refractivity contribution in [1.82, 2.24) is 0 Å². The van der Waals surface area contributed by atoms with Crippen molar-refractivity contribution in [2.24, 2.45) is 33.5 Å². The Kier molecular flexibility index (Phi) is 2.68. The smallest absolute Gasteiger partial charge is 0.211 e. The summed E-state index contributed by atoms with van der Waals surface area (Å²) in [5.74, 6) is 1.11. The van der Waals surface area contributed by atoms with E-state index in [2.05, 4.69) is 24.1 Å². The number of nitrogens with two attached hydrogens (primary N) is 2. The van der Waals surface area contributed by atoms with Gasteiger partial charge in [-0.15, -0.1) is 5.10 Å². The van der Waals surface area contributed by atoms with Crippen LogP contribution in [0.25, 0.3) is 0 Å². The number of rotatable bonds is 3. The number of nitrogens with zero attached hydrogens (tertiary/aromatic N) is 2. The van der Waals surface area contributed by atoms with Crippen LogP contribution in [-0.4, -0.2) is 11.7 Å². The largest absolute Gasteiger partial charge is 0.369 e. The Labute approximate surface area is 72.7 Å². The molecule has 1 fully saturated rings. The van der Waals surface area contributed by atoms with Crippen LogP contribution in [0.3, 0.4) is 0 Å². The molecule has 1 rings (SSSR count). The predicted molar refractivity (Wildman–Crippen MR) is 50.8 cm³/mol. The summed E-state index contributed by atoms with van der Waals surface area (Å²) in [4.78, 5) is 0. The second-order valence-corrected chi connectivity index (χ2v) is 3.48. The zero-order valence-corrected chi connectivity index (χ0v) is 7.62. The molecule has 0 heterocycles. The van der Waals surface area contributed by atoms with E-state index in [0.717, 1.165) is 5.71 Å². The first-order valence-corrected chi connectivity index (χ1v) is 4.27. The highest BCUT2D eigenvalue weighted by molar-refractivity contribution is 5.90. The van der Waals surface area contributed by atoms with Crippen LogP contribution in [0.15, 0.2) is 10.2 Å². The second-order valence-electron chi connectivity index (χ2n) is 3.48. The summed E-state index contributed by atoms with van der Waals surface area (Å²) in [5, 5.41) is 7.71. The summed E-state index contributed by atoms with van der Waals surface area (Å²) in [6.07, 6.45) is 2.47. The lowest BCUT2D eigenvalue weighted by Gasteiger charge is -2.05. The van der Waals surface area contributed by atoms with Gasteiger partial charge in [-0.2, -0.15) is 5.10 Å². The Morgan fingerprint density at radius 2 is 1.83 bits per heavy atom. The van der Waals surface area contributed by atoms with E-state index in [-0.39, 0.29) is 5.96 Å². The molecule has 4 N–H and O–H groups in total. The van der Waals surface area contributed by atoms with Crippen LogP contribution in [0.2, 0.25) is 0 Å². The van der Waals surface area contributed by atoms with Gasteiger partial charge in [-0.25, -0.2) is 0 Å². The molecule has 0 amide bonds. The van der Waals surface area contributed by atoms with E-state index in [1.165, 1.54) is 12.8 Å². The van der Waals surface area contributed by atoms with Crippen molar-refractivity contribution in [1.29, 1.82) is 0 Å². The summed E-state index contributed by atoms with van der Waals surface area (Å²) in [5.41, 5.74) is 11.5. The van der Waals surface area contributed by atoms with E-state index in [9.17, 15) is 0 Å². The van der Waals surface area contributed by atoms with E-state index >= 15 is 0 Å². The second kappa shape index (κ2) is 3.56. The Bertz CT molecular complexity index is 205. The molecule has 0 aromatic heterocycles.